The molecule has 7 heteroatoms. The maximum atomic E-state index is 12.4. The Bertz CT molecular complexity index is 726. The van der Waals surface area contributed by atoms with Crippen LogP contribution in [-0.2, 0) is 17.6 Å². The Morgan fingerprint density at radius 2 is 2.26 bits per heavy atom. The third-order valence-corrected chi connectivity index (χ3v) is 5.41. The summed E-state index contributed by atoms with van der Waals surface area (Å²) in [4.78, 5) is 29.9. The predicted octanol–water partition coefficient (Wildman–Crippen LogP) is 1.78. The minimum absolute atomic E-state index is 0.242. The lowest BCUT2D eigenvalue weighted by Crippen LogP contribution is -2.39. The summed E-state index contributed by atoms with van der Waals surface area (Å²) in [5.74, 6) is -0.242. The number of nitrogens with one attached hydrogen (secondary N) is 1. The number of pyridine rings is 1. The van der Waals surface area contributed by atoms with E-state index in [1.807, 2.05) is 6.92 Å². The molecule has 1 saturated heterocycles. The minimum Gasteiger partial charge on any atom is -0.336 e. The van der Waals surface area contributed by atoms with Gasteiger partial charge in [-0.1, -0.05) is 11.8 Å². The second-order valence-corrected chi connectivity index (χ2v) is 7.12. The van der Waals surface area contributed by atoms with E-state index in [2.05, 4.69) is 16.4 Å². The summed E-state index contributed by atoms with van der Waals surface area (Å²) in [6.07, 6.45) is 2.95. The van der Waals surface area contributed by atoms with Crippen molar-refractivity contribution in [3.05, 3.63) is 22.4 Å². The van der Waals surface area contributed by atoms with Gasteiger partial charge in [-0.3, -0.25) is 9.69 Å². The first-order chi connectivity index (χ1) is 11.0. The molecule has 120 valence electrons. The molecule has 1 fully saturated rings. The highest BCUT2D eigenvalue weighted by Gasteiger charge is 2.31. The zero-order valence-electron chi connectivity index (χ0n) is 13.2. The van der Waals surface area contributed by atoms with Gasteiger partial charge >= 0.3 is 6.03 Å². The Morgan fingerprint density at radius 3 is 2.91 bits per heavy atom. The summed E-state index contributed by atoms with van der Waals surface area (Å²) in [7, 11) is 0. The van der Waals surface area contributed by atoms with E-state index >= 15 is 0 Å². The van der Waals surface area contributed by atoms with Crippen LogP contribution in [0.3, 0.4) is 0 Å². The lowest BCUT2D eigenvalue weighted by molar-refractivity contribution is -0.126. The number of nitrogens with zero attached hydrogens (tertiary/aromatic N) is 3. The Hall–Kier alpha value is -2.07. The fourth-order valence-electron chi connectivity index (χ4n) is 3.08. The van der Waals surface area contributed by atoms with Gasteiger partial charge in [0, 0.05) is 18.8 Å². The van der Waals surface area contributed by atoms with E-state index in [4.69, 9.17) is 0 Å². The molecule has 1 aromatic rings. The van der Waals surface area contributed by atoms with Gasteiger partial charge in [-0.15, -0.1) is 0 Å². The first-order valence-electron chi connectivity index (χ1n) is 7.71. The molecule has 1 atom stereocenters. The fourth-order valence-corrected chi connectivity index (χ4v) is 4.12. The normalized spacial score (nSPS) is 17.6. The van der Waals surface area contributed by atoms with Gasteiger partial charge in [0.15, 0.2) is 0 Å². The van der Waals surface area contributed by atoms with Crippen LogP contribution in [0.15, 0.2) is 5.03 Å². The number of carbonyl (C=O) groups excluding carboxylic acids is 2. The number of rotatable bonds is 3. The van der Waals surface area contributed by atoms with Gasteiger partial charge in [0.1, 0.15) is 11.1 Å². The molecule has 1 N–H and O–H groups in total. The number of thioether (sulfide) groups is 1. The van der Waals surface area contributed by atoms with Gasteiger partial charge in [-0.25, -0.2) is 9.78 Å². The topological polar surface area (TPSA) is 86.1 Å². The lowest BCUT2D eigenvalue weighted by atomic mass is 10.0. The summed E-state index contributed by atoms with van der Waals surface area (Å²) in [5.41, 5.74) is 3.77. The highest BCUT2D eigenvalue weighted by Crippen LogP contribution is 2.33. The van der Waals surface area contributed by atoms with Crippen molar-refractivity contribution in [1.82, 2.24) is 15.2 Å². The molecule has 2 heterocycles. The van der Waals surface area contributed by atoms with Crippen LogP contribution >= 0.6 is 11.8 Å². The average molecular weight is 330 g/mol. The second kappa shape index (κ2) is 6.20. The number of hydrogen-bond donors (Lipinski definition) is 1. The van der Waals surface area contributed by atoms with Gasteiger partial charge in [0.25, 0.3) is 0 Å². The van der Waals surface area contributed by atoms with Gasteiger partial charge < -0.3 is 5.32 Å². The van der Waals surface area contributed by atoms with Crippen LogP contribution < -0.4 is 5.32 Å². The number of amides is 3. The van der Waals surface area contributed by atoms with Crippen LogP contribution in [0.5, 0.6) is 0 Å². The first kappa shape index (κ1) is 15.8. The van der Waals surface area contributed by atoms with E-state index in [9.17, 15) is 14.9 Å². The van der Waals surface area contributed by atoms with Crippen molar-refractivity contribution in [1.29, 1.82) is 5.26 Å². The molecular weight excluding hydrogens is 312 g/mol. The number of urea groups is 1. The first-order valence-corrected chi connectivity index (χ1v) is 8.59. The third kappa shape index (κ3) is 2.79. The Kier molecular flexibility index (Phi) is 4.26. The maximum absolute atomic E-state index is 12.4. The third-order valence-electron chi connectivity index (χ3n) is 4.34. The van der Waals surface area contributed by atoms with Crippen molar-refractivity contribution in [3.8, 4) is 6.07 Å². The van der Waals surface area contributed by atoms with E-state index in [-0.39, 0.29) is 11.9 Å². The van der Waals surface area contributed by atoms with Crippen molar-refractivity contribution in [2.24, 2.45) is 0 Å². The van der Waals surface area contributed by atoms with Crippen LogP contribution in [0.25, 0.3) is 0 Å². The lowest BCUT2D eigenvalue weighted by Gasteiger charge is -2.18. The molecule has 23 heavy (non-hydrogen) atoms. The molecule has 1 aliphatic carbocycles. The van der Waals surface area contributed by atoms with Crippen LogP contribution in [0, 0.1) is 18.3 Å². The van der Waals surface area contributed by atoms with E-state index < -0.39 is 5.25 Å². The number of carbonyl (C=O) groups is 2. The molecule has 1 unspecified atom stereocenters. The van der Waals surface area contributed by atoms with Gasteiger partial charge in [-0.2, -0.15) is 5.26 Å². The molecule has 1 aliphatic heterocycles. The molecule has 0 radical (unpaired) electrons. The van der Waals surface area contributed by atoms with E-state index in [1.165, 1.54) is 22.2 Å². The molecular formula is C16H18N4O2S. The highest BCUT2D eigenvalue weighted by atomic mass is 32.2. The molecule has 3 rings (SSSR count). The number of fused-ring (bicyclic) bond motifs is 1. The van der Waals surface area contributed by atoms with E-state index in [1.54, 1.807) is 6.92 Å². The number of aryl methyl sites for hydroxylation is 1. The van der Waals surface area contributed by atoms with Gasteiger partial charge in [0.2, 0.25) is 5.91 Å². The van der Waals surface area contributed by atoms with Crippen molar-refractivity contribution in [2.45, 2.75) is 43.4 Å². The number of imide groups is 1. The minimum atomic E-state index is -0.461. The van der Waals surface area contributed by atoms with Crippen molar-refractivity contribution < 1.29 is 9.59 Å². The fraction of sp³-hybridized carbons (Fsp3) is 0.500. The van der Waals surface area contributed by atoms with E-state index in [0.29, 0.717) is 23.7 Å². The standard InChI is InChI=1S/C16H18N4O2S/c1-9-11-4-3-5-13(11)19-14(12(9)8-17)23-10(2)15(21)20-7-6-18-16(20)22/h10H,3-7H2,1-2H3,(H,18,22). The molecule has 1 aromatic heterocycles. The molecule has 6 nitrogen and oxygen atoms in total. The Morgan fingerprint density at radius 1 is 1.48 bits per heavy atom. The quantitative estimate of drug-likeness (QED) is 0.854. The smallest absolute Gasteiger partial charge is 0.324 e. The zero-order chi connectivity index (χ0) is 16.6. The largest absolute Gasteiger partial charge is 0.336 e. The monoisotopic (exact) mass is 330 g/mol. The molecule has 2 aliphatic rings. The van der Waals surface area contributed by atoms with Crippen LogP contribution in [0.1, 0.15) is 35.7 Å². The van der Waals surface area contributed by atoms with Crippen molar-refractivity contribution in [3.63, 3.8) is 0 Å². The maximum Gasteiger partial charge on any atom is 0.324 e. The van der Waals surface area contributed by atoms with Crippen molar-refractivity contribution >= 4 is 23.7 Å². The summed E-state index contributed by atoms with van der Waals surface area (Å²) in [6, 6.07) is 1.88. The van der Waals surface area contributed by atoms with Gasteiger partial charge in [0.05, 0.1) is 10.8 Å². The molecule has 0 saturated carbocycles. The second-order valence-electron chi connectivity index (χ2n) is 5.79. The van der Waals surface area contributed by atoms with E-state index in [0.717, 1.165) is 30.5 Å². The van der Waals surface area contributed by atoms with Crippen molar-refractivity contribution in [2.75, 3.05) is 13.1 Å². The average Bonchev–Trinajstić information content (AvgIpc) is 3.15. The predicted molar refractivity (Wildman–Crippen MR) is 86.1 cm³/mol. The highest BCUT2D eigenvalue weighted by molar-refractivity contribution is 8.00. The number of hydrogen-bond acceptors (Lipinski definition) is 5. The molecule has 3 amide bonds. The molecule has 0 spiro atoms. The number of nitriles is 1. The number of aromatic nitrogens is 1. The summed E-state index contributed by atoms with van der Waals surface area (Å²) >= 11 is 1.27. The Balaban J connectivity index is 1.85. The molecule has 0 aromatic carbocycles. The molecule has 0 bridgehead atoms. The zero-order valence-corrected chi connectivity index (χ0v) is 14.0. The summed E-state index contributed by atoms with van der Waals surface area (Å²) in [6.45, 7) is 4.59. The van der Waals surface area contributed by atoms with Crippen LogP contribution in [0.4, 0.5) is 4.79 Å². The summed E-state index contributed by atoms with van der Waals surface area (Å²) < 4.78 is 0. The van der Waals surface area contributed by atoms with Gasteiger partial charge in [-0.05, 0) is 44.2 Å². The van der Waals surface area contributed by atoms with Crippen LogP contribution in [-0.4, -0.2) is 40.2 Å². The SMILES string of the molecule is Cc1c(C#N)c(SC(C)C(=O)N2CCNC2=O)nc2c1CCC2. The Labute approximate surface area is 139 Å². The summed E-state index contributed by atoms with van der Waals surface area (Å²) in [5, 5.41) is 12.2. The van der Waals surface area contributed by atoms with Crippen LogP contribution in [0.2, 0.25) is 0 Å².